The summed E-state index contributed by atoms with van der Waals surface area (Å²) < 4.78 is 1.56. The third-order valence-electron chi connectivity index (χ3n) is 3.76. The monoisotopic (exact) mass is 249 g/mol. The Balaban J connectivity index is 2.49. The highest BCUT2D eigenvalue weighted by Gasteiger charge is 2.24. The van der Waals surface area contributed by atoms with Crippen LogP contribution in [-0.4, -0.2) is 22.3 Å². The Bertz CT molecular complexity index is 431. The summed E-state index contributed by atoms with van der Waals surface area (Å²) in [4.78, 5) is 0. The van der Waals surface area contributed by atoms with Crippen LogP contribution in [0.15, 0.2) is 0 Å². The van der Waals surface area contributed by atoms with E-state index in [1.807, 2.05) is 0 Å². The number of nitrogens with two attached hydrogens (primary N) is 1. The average Bonchev–Trinajstić information content (AvgIpc) is 2.56. The second kappa shape index (κ2) is 5.42. The molecule has 1 aliphatic heterocycles. The van der Waals surface area contributed by atoms with Crippen LogP contribution in [0.25, 0.3) is 0 Å². The van der Waals surface area contributed by atoms with E-state index in [2.05, 4.69) is 24.3 Å². The minimum Gasteiger partial charge on any atom is -0.370 e. The molecule has 2 heterocycles. The first-order chi connectivity index (χ1) is 8.69. The predicted octanol–water partition coefficient (Wildman–Crippen LogP) is 2.28. The molecule has 1 aliphatic rings. The average molecular weight is 249 g/mol. The normalized spacial score (nSPS) is 15.1. The largest absolute Gasteiger partial charge is 0.370 e. The molecule has 0 aromatic carbocycles. The number of nitrogens with zero attached hydrogens (tertiary/aromatic N) is 2. The van der Waals surface area contributed by atoms with E-state index in [9.17, 15) is 0 Å². The van der Waals surface area contributed by atoms with Gasteiger partial charge in [-0.25, -0.2) is 0 Å². The molecule has 1 aromatic rings. The standard InChI is InChI=1S/C13H23N5/c1-3-9(4-2)11-10-7-5-6-8-16-12(10)18(17-11)13(14)15/h9,16H,3-8H2,1-2H3,(H3,14,15). The van der Waals surface area contributed by atoms with Crippen molar-refractivity contribution in [3.05, 3.63) is 11.3 Å². The number of nitrogen functional groups attached to an aromatic ring is 1. The van der Waals surface area contributed by atoms with Gasteiger partial charge < -0.3 is 11.1 Å². The highest BCUT2D eigenvalue weighted by molar-refractivity contribution is 5.81. The highest BCUT2D eigenvalue weighted by Crippen LogP contribution is 2.32. The first kappa shape index (κ1) is 12.9. The van der Waals surface area contributed by atoms with Crippen LogP contribution in [0.2, 0.25) is 0 Å². The van der Waals surface area contributed by atoms with Crippen LogP contribution in [0.5, 0.6) is 0 Å². The fourth-order valence-electron chi connectivity index (χ4n) is 2.71. The van der Waals surface area contributed by atoms with Crippen molar-refractivity contribution >= 4 is 11.8 Å². The zero-order valence-corrected chi connectivity index (χ0v) is 11.3. The SMILES string of the molecule is CCC(CC)c1nn(C(=N)N)c2c1CCCCN2. The van der Waals surface area contributed by atoms with Gasteiger partial charge in [0.2, 0.25) is 5.96 Å². The lowest BCUT2D eigenvalue weighted by atomic mass is 9.94. The molecule has 18 heavy (non-hydrogen) atoms. The van der Waals surface area contributed by atoms with Crippen molar-refractivity contribution < 1.29 is 0 Å². The molecule has 100 valence electrons. The lowest BCUT2D eigenvalue weighted by Gasteiger charge is -2.11. The molecule has 0 fully saturated rings. The Kier molecular flexibility index (Phi) is 3.89. The van der Waals surface area contributed by atoms with Crippen molar-refractivity contribution in [3.8, 4) is 0 Å². The highest BCUT2D eigenvalue weighted by atomic mass is 15.4. The van der Waals surface area contributed by atoms with Crippen LogP contribution in [0, 0.1) is 5.41 Å². The van der Waals surface area contributed by atoms with Gasteiger partial charge in [0.05, 0.1) is 5.69 Å². The molecule has 2 rings (SSSR count). The molecule has 0 aliphatic carbocycles. The van der Waals surface area contributed by atoms with E-state index < -0.39 is 0 Å². The molecule has 0 unspecified atom stereocenters. The van der Waals surface area contributed by atoms with Crippen molar-refractivity contribution in [2.75, 3.05) is 11.9 Å². The number of hydrogen-bond acceptors (Lipinski definition) is 3. The van der Waals surface area contributed by atoms with Gasteiger partial charge in [-0.05, 0) is 32.1 Å². The third-order valence-corrected chi connectivity index (χ3v) is 3.76. The maximum Gasteiger partial charge on any atom is 0.215 e. The smallest absolute Gasteiger partial charge is 0.215 e. The molecule has 0 saturated heterocycles. The Morgan fingerprint density at radius 1 is 1.44 bits per heavy atom. The fourth-order valence-corrected chi connectivity index (χ4v) is 2.71. The Labute approximate surface area is 108 Å². The molecule has 0 atom stereocenters. The Hall–Kier alpha value is -1.52. The van der Waals surface area contributed by atoms with E-state index in [4.69, 9.17) is 11.1 Å². The number of anilines is 1. The zero-order chi connectivity index (χ0) is 13.1. The van der Waals surface area contributed by atoms with Crippen molar-refractivity contribution in [1.29, 1.82) is 5.41 Å². The summed E-state index contributed by atoms with van der Waals surface area (Å²) in [5, 5.41) is 15.6. The third kappa shape index (κ3) is 2.21. The van der Waals surface area contributed by atoms with Gasteiger partial charge in [-0.2, -0.15) is 9.78 Å². The summed E-state index contributed by atoms with van der Waals surface area (Å²) in [5.41, 5.74) is 8.04. The van der Waals surface area contributed by atoms with Gasteiger partial charge >= 0.3 is 0 Å². The molecular formula is C13H23N5. The van der Waals surface area contributed by atoms with Crippen LogP contribution in [-0.2, 0) is 6.42 Å². The first-order valence-corrected chi connectivity index (χ1v) is 6.89. The van der Waals surface area contributed by atoms with Gasteiger partial charge in [0, 0.05) is 18.0 Å². The van der Waals surface area contributed by atoms with Crippen molar-refractivity contribution in [2.24, 2.45) is 5.73 Å². The van der Waals surface area contributed by atoms with Crippen molar-refractivity contribution in [1.82, 2.24) is 9.78 Å². The minimum atomic E-state index is -0.00199. The van der Waals surface area contributed by atoms with Gasteiger partial charge in [0.1, 0.15) is 5.82 Å². The van der Waals surface area contributed by atoms with Crippen LogP contribution < -0.4 is 11.1 Å². The lowest BCUT2D eigenvalue weighted by Crippen LogP contribution is -2.24. The van der Waals surface area contributed by atoms with Gasteiger partial charge in [-0.15, -0.1) is 0 Å². The second-order valence-corrected chi connectivity index (χ2v) is 4.91. The quantitative estimate of drug-likeness (QED) is 0.568. The van der Waals surface area contributed by atoms with Crippen molar-refractivity contribution in [3.63, 3.8) is 0 Å². The predicted molar refractivity (Wildman–Crippen MR) is 74.3 cm³/mol. The first-order valence-electron chi connectivity index (χ1n) is 6.89. The number of rotatable bonds is 3. The van der Waals surface area contributed by atoms with Gasteiger partial charge in [0.25, 0.3) is 0 Å². The number of aromatic nitrogens is 2. The number of nitrogens with one attached hydrogen (secondary N) is 2. The number of fused-ring (bicyclic) bond motifs is 1. The fraction of sp³-hybridized carbons (Fsp3) is 0.692. The number of hydrogen-bond donors (Lipinski definition) is 3. The summed E-state index contributed by atoms with van der Waals surface area (Å²) in [5.74, 6) is 1.42. The van der Waals surface area contributed by atoms with Crippen LogP contribution in [0.4, 0.5) is 5.82 Å². The molecule has 4 N–H and O–H groups in total. The molecular weight excluding hydrogens is 226 g/mol. The van der Waals surface area contributed by atoms with Gasteiger partial charge in [-0.3, -0.25) is 5.41 Å². The van der Waals surface area contributed by atoms with Crippen LogP contribution in [0.1, 0.15) is 56.7 Å². The lowest BCUT2D eigenvalue weighted by molar-refractivity contribution is 0.606. The summed E-state index contributed by atoms with van der Waals surface area (Å²) >= 11 is 0. The van der Waals surface area contributed by atoms with Crippen LogP contribution >= 0.6 is 0 Å². The Morgan fingerprint density at radius 3 is 2.78 bits per heavy atom. The molecule has 1 aromatic heterocycles. The van der Waals surface area contributed by atoms with E-state index in [1.54, 1.807) is 4.68 Å². The maximum atomic E-state index is 7.65. The molecule has 5 nitrogen and oxygen atoms in total. The second-order valence-electron chi connectivity index (χ2n) is 4.91. The molecule has 0 spiro atoms. The van der Waals surface area contributed by atoms with E-state index in [-0.39, 0.29) is 5.96 Å². The minimum absolute atomic E-state index is 0.00199. The molecule has 0 bridgehead atoms. The maximum absolute atomic E-state index is 7.65. The summed E-state index contributed by atoms with van der Waals surface area (Å²) in [6.45, 7) is 5.32. The van der Waals surface area contributed by atoms with E-state index in [1.165, 1.54) is 12.0 Å². The van der Waals surface area contributed by atoms with Gasteiger partial charge in [0.15, 0.2) is 0 Å². The molecule has 0 saturated carbocycles. The summed E-state index contributed by atoms with van der Waals surface area (Å²) in [7, 11) is 0. The summed E-state index contributed by atoms with van der Waals surface area (Å²) in [6, 6.07) is 0. The van der Waals surface area contributed by atoms with E-state index in [0.717, 1.165) is 43.7 Å². The summed E-state index contributed by atoms with van der Waals surface area (Å²) in [6.07, 6.45) is 5.54. The Morgan fingerprint density at radius 2 is 2.17 bits per heavy atom. The topological polar surface area (TPSA) is 79.7 Å². The molecule has 5 heteroatoms. The van der Waals surface area contributed by atoms with E-state index in [0.29, 0.717) is 5.92 Å². The zero-order valence-electron chi connectivity index (χ0n) is 11.3. The van der Waals surface area contributed by atoms with Crippen LogP contribution in [0.3, 0.4) is 0 Å². The van der Waals surface area contributed by atoms with Gasteiger partial charge in [-0.1, -0.05) is 13.8 Å². The van der Waals surface area contributed by atoms with E-state index >= 15 is 0 Å². The van der Waals surface area contributed by atoms with Crippen molar-refractivity contribution in [2.45, 2.75) is 51.9 Å². The molecule has 0 radical (unpaired) electrons. The molecule has 0 amide bonds.